The Hall–Kier alpha value is -4.73. The van der Waals surface area contributed by atoms with Crippen LogP contribution in [0.1, 0.15) is 15.9 Å². The van der Waals surface area contributed by atoms with Gasteiger partial charge in [0.25, 0.3) is 5.91 Å². The molecule has 0 spiro atoms. The zero-order chi connectivity index (χ0) is 24.4. The van der Waals surface area contributed by atoms with Crippen LogP contribution in [0.5, 0.6) is 0 Å². The Morgan fingerprint density at radius 1 is 1.06 bits per heavy atom. The van der Waals surface area contributed by atoms with E-state index in [0.717, 1.165) is 16.5 Å². The molecule has 0 aliphatic carbocycles. The second-order valence-electron chi connectivity index (χ2n) is 7.77. The lowest BCUT2D eigenvalue weighted by Crippen LogP contribution is -2.30. The summed E-state index contributed by atoms with van der Waals surface area (Å²) in [5.74, 6) is -2.07. The Morgan fingerprint density at radius 2 is 1.91 bits per heavy atom. The third-order valence-electron chi connectivity index (χ3n) is 5.49. The highest BCUT2D eigenvalue weighted by molar-refractivity contribution is 5.96. The molecule has 0 saturated heterocycles. The number of ether oxygens (including phenoxy) is 1. The molecule has 0 aliphatic rings. The number of esters is 1. The van der Waals surface area contributed by atoms with Crippen molar-refractivity contribution in [3.63, 3.8) is 0 Å². The number of fused-ring (bicyclic) bond motifs is 2. The van der Waals surface area contributed by atoms with Crippen LogP contribution in [0.4, 0.5) is 4.39 Å². The number of benzene rings is 2. The fourth-order valence-electron chi connectivity index (χ4n) is 3.70. The van der Waals surface area contributed by atoms with E-state index in [-0.39, 0.29) is 12.1 Å². The minimum absolute atomic E-state index is 0.184. The number of pyridine rings is 2. The van der Waals surface area contributed by atoms with Crippen molar-refractivity contribution >= 4 is 33.9 Å². The zero-order valence-electron chi connectivity index (χ0n) is 18.6. The molecule has 1 N–H and O–H groups in total. The molecule has 0 saturated carbocycles. The molecule has 174 valence electrons. The van der Waals surface area contributed by atoms with Crippen LogP contribution >= 0.6 is 0 Å². The molecule has 3 heterocycles. The van der Waals surface area contributed by atoms with Gasteiger partial charge in [-0.25, -0.2) is 14.1 Å². The summed E-state index contributed by atoms with van der Waals surface area (Å²) < 4.78 is 20.9. The molecule has 0 aliphatic heterocycles. The third kappa shape index (κ3) is 4.54. The summed E-state index contributed by atoms with van der Waals surface area (Å²) in [5, 5.41) is 11.7. The van der Waals surface area contributed by atoms with Crippen LogP contribution in [-0.4, -0.2) is 50.5 Å². The maximum absolute atomic E-state index is 14.7. The number of halogens is 1. The predicted octanol–water partition coefficient (Wildman–Crippen LogP) is 3.13. The van der Waals surface area contributed by atoms with E-state index in [4.69, 9.17) is 0 Å². The Kier molecular flexibility index (Phi) is 5.84. The second-order valence-corrected chi connectivity index (χ2v) is 7.77. The van der Waals surface area contributed by atoms with Gasteiger partial charge in [-0.15, -0.1) is 5.10 Å². The van der Waals surface area contributed by atoms with Crippen LogP contribution in [-0.2, 0) is 16.1 Å². The lowest BCUT2D eigenvalue weighted by atomic mass is 10.1. The lowest BCUT2D eigenvalue weighted by Gasteiger charge is -2.08. The quantitative estimate of drug-likeness (QED) is 0.380. The Morgan fingerprint density at radius 3 is 2.74 bits per heavy atom. The maximum atomic E-state index is 14.7. The Balaban J connectivity index is 1.41. The number of rotatable bonds is 6. The standard InChI is InChI=1S/C25H19FN6O3/c1-35-23(33)13-28-25(34)18-6-5-17(12-19(18)26)21-8-9-22-24(29-21)32(31-30-22)14-15-4-7-20-16(11-15)3-2-10-27-20/h2-12H,13-14H2,1H3,(H,28,34). The van der Waals surface area contributed by atoms with Crippen LogP contribution < -0.4 is 5.32 Å². The van der Waals surface area contributed by atoms with Gasteiger partial charge in [0, 0.05) is 17.1 Å². The first-order valence-electron chi connectivity index (χ1n) is 10.7. The summed E-state index contributed by atoms with van der Waals surface area (Å²) in [6.45, 7) is 0.102. The number of carbonyl (C=O) groups excluding carboxylic acids is 2. The van der Waals surface area contributed by atoms with Crippen molar-refractivity contribution in [2.24, 2.45) is 0 Å². The van der Waals surface area contributed by atoms with Gasteiger partial charge >= 0.3 is 5.97 Å². The highest BCUT2D eigenvalue weighted by Crippen LogP contribution is 2.23. The van der Waals surface area contributed by atoms with E-state index in [2.05, 4.69) is 30.3 Å². The smallest absolute Gasteiger partial charge is 0.325 e. The number of hydrogen-bond acceptors (Lipinski definition) is 7. The van der Waals surface area contributed by atoms with Gasteiger partial charge in [0.15, 0.2) is 5.65 Å². The highest BCUT2D eigenvalue weighted by atomic mass is 19.1. The fourth-order valence-corrected chi connectivity index (χ4v) is 3.70. The van der Waals surface area contributed by atoms with Gasteiger partial charge in [0.1, 0.15) is 17.9 Å². The number of nitrogens with zero attached hydrogens (tertiary/aromatic N) is 5. The van der Waals surface area contributed by atoms with Crippen LogP contribution in [0.3, 0.4) is 0 Å². The van der Waals surface area contributed by atoms with Crippen LogP contribution in [0.15, 0.2) is 66.9 Å². The maximum Gasteiger partial charge on any atom is 0.325 e. The van der Waals surface area contributed by atoms with Crippen molar-refractivity contribution in [2.45, 2.75) is 6.54 Å². The molecule has 5 rings (SSSR count). The van der Waals surface area contributed by atoms with Crippen LogP contribution in [0.2, 0.25) is 0 Å². The van der Waals surface area contributed by atoms with Crippen molar-refractivity contribution < 1.29 is 18.7 Å². The topological polar surface area (TPSA) is 112 Å². The SMILES string of the molecule is COC(=O)CNC(=O)c1ccc(-c2ccc3nnn(Cc4ccc5ncccc5c4)c3n2)cc1F. The molecule has 35 heavy (non-hydrogen) atoms. The molecule has 2 aromatic carbocycles. The van der Waals surface area contributed by atoms with E-state index in [1.165, 1.54) is 19.2 Å². The first-order chi connectivity index (χ1) is 17.0. The van der Waals surface area contributed by atoms with E-state index in [1.807, 2.05) is 30.3 Å². The first kappa shape index (κ1) is 22.1. The zero-order valence-corrected chi connectivity index (χ0v) is 18.6. The van der Waals surface area contributed by atoms with E-state index in [1.54, 1.807) is 29.1 Å². The summed E-state index contributed by atoms with van der Waals surface area (Å²) in [7, 11) is 1.20. The monoisotopic (exact) mass is 470 g/mol. The largest absolute Gasteiger partial charge is 0.468 e. The Labute approximate surface area is 198 Å². The van der Waals surface area contributed by atoms with Crippen molar-refractivity contribution in [1.29, 1.82) is 0 Å². The van der Waals surface area contributed by atoms with Crippen LogP contribution in [0, 0.1) is 5.82 Å². The average molecular weight is 470 g/mol. The number of aromatic nitrogens is 5. The van der Waals surface area contributed by atoms with Crippen molar-refractivity contribution in [3.8, 4) is 11.3 Å². The summed E-state index contributed by atoms with van der Waals surface area (Å²) in [6, 6.07) is 17.5. The Bertz CT molecular complexity index is 1580. The van der Waals surface area contributed by atoms with Crippen molar-refractivity contribution in [1.82, 2.24) is 30.3 Å². The number of hydrogen-bond donors (Lipinski definition) is 1. The van der Waals surface area contributed by atoms with Crippen LogP contribution in [0.25, 0.3) is 33.3 Å². The molecule has 0 unspecified atom stereocenters. The summed E-state index contributed by atoms with van der Waals surface area (Å²) in [4.78, 5) is 32.4. The van der Waals surface area contributed by atoms with Gasteiger partial charge in [-0.2, -0.15) is 0 Å². The molecule has 1 amide bonds. The highest BCUT2D eigenvalue weighted by Gasteiger charge is 2.15. The summed E-state index contributed by atoms with van der Waals surface area (Å²) >= 11 is 0. The van der Waals surface area contributed by atoms with Gasteiger partial charge in [0.2, 0.25) is 0 Å². The number of amides is 1. The molecule has 3 aromatic heterocycles. The van der Waals surface area contributed by atoms with E-state index >= 15 is 0 Å². The van der Waals surface area contributed by atoms with Crippen molar-refractivity contribution in [2.75, 3.05) is 13.7 Å². The third-order valence-corrected chi connectivity index (χ3v) is 5.49. The molecular formula is C25H19FN6O3. The minimum Gasteiger partial charge on any atom is -0.468 e. The minimum atomic E-state index is -0.733. The first-order valence-corrected chi connectivity index (χ1v) is 10.7. The predicted molar refractivity (Wildman–Crippen MR) is 126 cm³/mol. The van der Waals surface area contributed by atoms with Crippen molar-refractivity contribution in [3.05, 3.63) is 83.8 Å². The fraction of sp³-hybridized carbons (Fsp3) is 0.120. The molecule has 0 atom stereocenters. The van der Waals surface area contributed by atoms with Gasteiger partial charge in [-0.1, -0.05) is 23.4 Å². The van der Waals surface area contributed by atoms with Gasteiger partial charge < -0.3 is 10.1 Å². The molecule has 0 radical (unpaired) electrons. The number of nitrogens with one attached hydrogen (secondary N) is 1. The molecule has 0 fully saturated rings. The van der Waals surface area contributed by atoms with Gasteiger partial charge in [0.05, 0.1) is 30.4 Å². The van der Waals surface area contributed by atoms with Gasteiger partial charge in [-0.3, -0.25) is 14.6 Å². The van der Waals surface area contributed by atoms with E-state index < -0.39 is 17.7 Å². The second kappa shape index (κ2) is 9.26. The normalized spacial score (nSPS) is 11.0. The number of carbonyl (C=O) groups is 2. The molecule has 10 heteroatoms. The molecular weight excluding hydrogens is 451 g/mol. The summed E-state index contributed by atoms with van der Waals surface area (Å²) in [6.07, 6.45) is 1.75. The average Bonchev–Trinajstić information content (AvgIpc) is 3.28. The lowest BCUT2D eigenvalue weighted by molar-refractivity contribution is -0.139. The van der Waals surface area contributed by atoms with E-state index in [0.29, 0.717) is 29.0 Å². The van der Waals surface area contributed by atoms with Gasteiger partial charge in [-0.05, 0) is 48.0 Å². The summed E-state index contributed by atoms with van der Waals surface area (Å²) in [5.41, 5.74) is 3.88. The van der Waals surface area contributed by atoms with E-state index in [9.17, 15) is 14.0 Å². The molecule has 0 bridgehead atoms. The number of methoxy groups -OCH3 is 1. The molecule has 5 aromatic rings. The molecule has 9 nitrogen and oxygen atoms in total.